The van der Waals surface area contributed by atoms with Crippen molar-refractivity contribution in [2.45, 2.75) is 6.92 Å². The Balaban J connectivity index is 2.29. The van der Waals surface area contributed by atoms with E-state index in [1.54, 1.807) is 25.4 Å². The average molecular weight is 230 g/mol. The standard InChI is InChI=1S/C13H14N2O2/c1-9-3-4-11(12(7-9)16-2)17-13-8-10(14)5-6-15-13/h3-8H,1-2H3,(H2,14,15). The van der Waals surface area contributed by atoms with E-state index < -0.39 is 0 Å². The fourth-order valence-corrected chi connectivity index (χ4v) is 1.45. The predicted molar refractivity (Wildman–Crippen MR) is 66.5 cm³/mol. The maximum absolute atomic E-state index is 5.66. The molecule has 0 aliphatic carbocycles. The van der Waals surface area contributed by atoms with E-state index in [0.717, 1.165) is 5.56 Å². The molecular weight excluding hydrogens is 216 g/mol. The molecule has 0 aliphatic rings. The molecular formula is C13H14N2O2. The lowest BCUT2D eigenvalue weighted by atomic mass is 10.2. The number of ether oxygens (including phenoxy) is 2. The first-order chi connectivity index (χ1) is 8.19. The van der Waals surface area contributed by atoms with Crippen molar-refractivity contribution in [3.8, 4) is 17.4 Å². The van der Waals surface area contributed by atoms with Crippen LogP contribution in [0.25, 0.3) is 0 Å². The first kappa shape index (κ1) is 11.3. The molecule has 0 spiro atoms. The summed E-state index contributed by atoms with van der Waals surface area (Å²) in [6.07, 6.45) is 1.60. The molecule has 0 aliphatic heterocycles. The first-order valence-corrected chi connectivity index (χ1v) is 5.23. The predicted octanol–water partition coefficient (Wildman–Crippen LogP) is 2.77. The van der Waals surface area contributed by atoms with Gasteiger partial charge in [-0.1, -0.05) is 6.07 Å². The second-order valence-corrected chi connectivity index (χ2v) is 3.68. The fraction of sp³-hybridized carbons (Fsp3) is 0.154. The summed E-state index contributed by atoms with van der Waals surface area (Å²) in [5.74, 6) is 1.75. The molecule has 0 fully saturated rings. The van der Waals surface area contributed by atoms with Crippen molar-refractivity contribution >= 4 is 5.69 Å². The van der Waals surface area contributed by atoms with Gasteiger partial charge in [0.2, 0.25) is 5.88 Å². The molecule has 1 heterocycles. The van der Waals surface area contributed by atoms with Gasteiger partial charge in [-0.05, 0) is 30.7 Å². The molecule has 1 aromatic heterocycles. The number of pyridine rings is 1. The molecule has 0 unspecified atom stereocenters. The number of methoxy groups -OCH3 is 1. The van der Waals surface area contributed by atoms with E-state index in [2.05, 4.69) is 4.98 Å². The normalized spacial score (nSPS) is 10.0. The summed E-state index contributed by atoms with van der Waals surface area (Å²) in [6.45, 7) is 1.99. The Bertz CT molecular complexity index is 527. The van der Waals surface area contributed by atoms with Crippen LogP contribution in [0.2, 0.25) is 0 Å². The number of benzene rings is 1. The van der Waals surface area contributed by atoms with Gasteiger partial charge in [0.05, 0.1) is 7.11 Å². The van der Waals surface area contributed by atoms with Crippen LogP contribution >= 0.6 is 0 Å². The van der Waals surface area contributed by atoms with E-state index in [1.807, 2.05) is 25.1 Å². The number of hydrogen-bond donors (Lipinski definition) is 1. The first-order valence-electron chi connectivity index (χ1n) is 5.23. The van der Waals surface area contributed by atoms with Crippen molar-refractivity contribution in [2.24, 2.45) is 0 Å². The van der Waals surface area contributed by atoms with Crippen molar-refractivity contribution in [3.05, 3.63) is 42.1 Å². The van der Waals surface area contributed by atoms with Crippen molar-refractivity contribution in [3.63, 3.8) is 0 Å². The van der Waals surface area contributed by atoms with E-state index in [9.17, 15) is 0 Å². The number of aryl methyl sites for hydroxylation is 1. The van der Waals surface area contributed by atoms with E-state index >= 15 is 0 Å². The van der Waals surface area contributed by atoms with Crippen LogP contribution in [-0.2, 0) is 0 Å². The highest BCUT2D eigenvalue weighted by Crippen LogP contribution is 2.31. The SMILES string of the molecule is COc1cc(C)ccc1Oc1cc(N)ccn1. The molecule has 0 bridgehead atoms. The number of nitrogens with zero attached hydrogens (tertiary/aromatic N) is 1. The Morgan fingerprint density at radius 3 is 2.65 bits per heavy atom. The van der Waals surface area contributed by atoms with Gasteiger partial charge in [0, 0.05) is 18.0 Å². The lowest BCUT2D eigenvalue weighted by Crippen LogP contribution is -1.93. The monoisotopic (exact) mass is 230 g/mol. The Morgan fingerprint density at radius 2 is 1.94 bits per heavy atom. The zero-order valence-corrected chi connectivity index (χ0v) is 9.81. The van der Waals surface area contributed by atoms with Crippen LogP contribution in [0.5, 0.6) is 17.4 Å². The summed E-state index contributed by atoms with van der Waals surface area (Å²) < 4.78 is 10.9. The molecule has 88 valence electrons. The van der Waals surface area contributed by atoms with Crippen molar-refractivity contribution in [1.29, 1.82) is 0 Å². The summed E-state index contributed by atoms with van der Waals surface area (Å²) in [5.41, 5.74) is 7.37. The number of nitrogens with two attached hydrogens (primary N) is 1. The Morgan fingerprint density at radius 1 is 1.12 bits per heavy atom. The van der Waals surface area contributed by atoms with Gasteiger partial charge in [-0.25, -0.2) is 4.98 Å². The van der Waals surface area contributed by atoms with E-state index in [1.165, 1.54) is 0 Å². The van der Waals surface area contributed by atoms with Crippen LogP contribution in [-0.4, -0.2) is 12.1 Å². The van der Waals surface area contributed by atoms with Gasteiger partial charge in [-0.2, -0.15) is 0 Å². The minimum atomic E-state index is 0.451. The molecule has 4 heteroatoms. The van der Waals surface area contributed by atoms with Crippen molar-refractivity contribution < 1.29 is 9.47 Å². The van der Waals surface area contributed by atoms with Gasteiger partial charge < -0.3 is 15.2 Å². The number of hydrogen-bond acceptors (Lipinski definition) is 4. The van der Waals surface area contributed by atoms with Gasteiger partial charge >= 0.3 is 0 Å². The van der Waals surface area contributed by atoms with E-state index in [0.29, 0.717) is 23.1 Å². The van der Waals surface area contributed by atoms with Gasteiger partial charge in [-0.15, -0.1) is 0 Å². The summed E-state index contributed by atoms with van der Waals surface area (Å²) in [4.78, 5) is 4.07. The molecule has 17 heavy (non-hydrogen) atoms. The minimum absolute atomic E-state index is 0.451. The molecule has 0 radical (unpaired) electrons. The molecule has 0 atom stereocenters. The fourth-order valence-electron chi connectivity index (χ4n) is 1.45. The van der Waals surface area contributed by atoms with Crippen LogP contribution in [0.15, 0.2) is 36.5 Å². The Hall–Kier alpha value is -2.23. The third-order valence-electron chi connectivity index (χ3n) is 2.29. The Kier molecular flexibility index (Phi) is 3.14. The minimum Gasteiger partial charge on any atom is -0.493 e. The molecule has 0 amide bonds. The van der Waals surface area contributed by atoms with Gasteiger partial charge in [0.25, 0.3) is 0 Å². The molecule has 2 aromatic rings. The van der Waals surface area contributed by atoms with Crippen LogP contribution in [0.1, 0.15) is 5.56 Å². The molecule has 2 N–H and O–H groups in total. The molecule has 2 rings (SSSR count). The summed E-state index contributed by atoms with van der Waals surface area (Å²) >= 11 is 0. The molecule has 0 saturated carbocycles. The zero-order chi connectivity index (χ0) is 12.3. The highest BCUT2D eigenvalue weighted by molar-refractivity contribution is 5.46. The van der Waals surface area contributed by atoms with Crippen LogP contribution < -0.4 is 15.2 Å². The summed E-state index contributed by atoms with van der Waals surface area (Å²) in [7, 11) is 1.61. The second kappa shape index (κ2) is 4.74. The van der Waals surface area contributed by atoms with Gasteiger partial charge in [0.1, 0.15) is 0 Å². The second-order valence-electron chi connectivity index (χ2n) is 3.68. The number of nitrogen functional groups attached to an aromatic ring is 1. The Labute approximate surface area is 100 Å². The van der Waals surface area contributed by atoms with Gasteiger partial charge in [0.15, 0.2) is 11.5 Å². The zero-order valence-electron chi connectivity index (χ0n) is 9.81. The number of anilines is 1. The van der Waals surface area contributed by atoms with Crippen LogP contribution in [0, 0.1) is 6.92 Å². The highest BCUT2D eigenvalue weighted by atomic mass is 16.5. The maximum Gasteiger partial charge on any atom is 0.221 e. The van der Waals surface area contributed by atoms with Gasteiger partial charge in [-0.3, -0.25) is 0 Å². The average Bonchev–Trinajstić information content (AvgIpc) is 2.31. The lowest BCUT2D eigenvalue weighted by Gasteiger charge is -2.10. The molecule has 0 saturated heterocycles. The molecule has 1 aromatic carbocycles. The third kappa shape index (κ3) is 2.66. The van der Waals surface area contributed by atoms with E-state index in [4.69, 9.17) is 15.2 Å². The smallest absolute Gasteiger partial charge is 0.221 e. The quantitative estimate of drug-likeness (QED) is 0.880. The number of aromatic nitrogens is 1. The van der Waals surface area contributed by atoms with E-state index in [-0.39, 0.29) is 0 Å². The van der Waals surface area contributed by atoms with Crippen molar-refractivity contribution in [2.75, 3.05) is 12.8 Å². The summed E-state index contributed by atoms with van der Waals surface area (Å²) in [6, 6.07) is 9.07. The lowest BCUT2D eigenvalue weighted by molar-refractivity contribution is 0.374. The largest absolute Gasteiger partial charge is 0.493 e. The highest BCUT2D eigenvalue weighted by Gasteiger charge is 2.06. The topological polar surface area (TPSA) is 57.4 Å². The van der Waals surface area contributed by atoms with Crippen molar-refractivity contribution in [1.82, 2.24) is 4.98 Å². The van der Waals surface area contributed by atoms with Crippen LogP contribution in [0.4, 0.5) is 5.69 Å². The maximum atomic E-state index is 5.66. The van der Waals surface area contributed by atoms with Crippen LogP contribution in [0.3, 0.4) is 0 Å². The third-order valence-corrected chi connectivity index (χ3v) is 2.29. The number of rotatable bonds is 3. The summed E-state index contributed by atoms with van der Waals surface area (Å²) in [5, 5.41) is 0. The molecule has 4 nitrogen and oxygen atoms in total.